The van der Waals surface area contributed by atoms with Gasteiger partial charge in [0.1, 0.15) is 5.76 Å². The van der Waals surface area contributed by atoms with Crippen LogP contribution in [0.3, 0.4) is 0 Å². The van der Waals surface area contributed by atoms with Crippen LogP contribution < -0.4 is 10.0 Å². The number of sulfonamides is 1. The van der Waals surface area contributed by atoms with Gasteiger partial charge in [-0.2, -0.15) is 0 Å². The van der Waals surface area contributed by atoms with Crippen LogP contribution in [0.2, 0.25) is 0 Å². The second-order valence-corrected chi connectivity index (χ2v) is 10.2. The van der Waals surface area contributed by atoms with E-state index >= 15 is 0 Å². The van der Waals surface area contributed by atoms with Gasteiger partial charge in [-0.05, 0) is 57.0 Å². The Morgan fingerprint density at radius 1 is 1.16 bits per heavy atom. The molecule has 1 aliphatic carbocycles. The van der Waals surface area contributed by atoms with Crippen molar-refractivity contribution < 1.29 is 17.7 Å². The van der Waals surface area contributed by atoms with Gasteiger partial charge in [0, 0.05) is 27.9 Å². The summed E-state index contributed by atoms with van der Waals surface area (Å²) in [6, 6.07) is 13.6. The molecule has 1 amide bonds. The number of amides is 1. The van der Waals surface area contributed by atoms with Gasteiger partial charge in [-0.1, -0.05) is 23.4 Å². The van der Waals surface area contributed by atoms with Crippen LogP contribution in [-0.4, -0.2) is 25.5 Å². The minimum atomic E-state index is -3.59. The number of nitrogens with zero attached hydrogens (tertiary/aromatic N) is 1. The predicted molar refractivity (Wildman–Crippen MR) is 120 cm³/mol. The summed E-state index contributed by atoms with van der Waals surface area (Å²) in [5, 5.41) is 6.79. The Hall–Kier alpha value is -2.62. The van der Waals surface area contributed by atoms with Gasteiger partial charge in [-0.25, -0.2) is 13.1 Å². The largest absolute Gasteiger partial charge is 0.361 e. The van der Waals surface area contributed by atoms with Gasteiger partial charge in [-0.15, -0.1) is 11.8 Å². The molecule has 0 radical (unpaired) electrons. The molecule has 31 heavy (non-hydrogen) atoms. The zero-order chi connectivity index (χ0) is 22.0. The Balaban J connectivity index is 1.50. The van der Waals surface area contributed by atoms with Crippen molar-refractivity contribution in [1.29, 1.82) is 0 Å². The maximum atomic E-state index is 13.0. The number of hydrogen-bond acceptors (Lipinski definition) is 6. The molecule has 0 unspecified atom stereocenters. The molecule has 4 rings (SSSR count). The number of benzene rings is 2. The van der Waals surface area contributed by atoms with E-state index in [1.165, 1.54) is 23.9 Å². The fraction of sp³-hybridized carbons (Fsp3) is 0.273. The Kier molecular flexibility index (Phi) is 6.17. The maximum Gasteiger partial charge on any atom is 0.256 e. The Morgan fingerprint density at radius 2 is 1.94 bits per heavy atom. The monoisotopic (exact) mass is 457 g/mol. The Morgan fingerprint density at radius 3 is 2.65 bits per heavy atom. The van der Waals surface area contributed by atoms with E-state index in [9.17, 15) is 13.2 Å². The summed E-state index contributed by atoms with van der Waals surface area (Å²) in [6.45, 7) is 3.76. The third-order valence-electron chi connectivity index (χ3n) is 4.99. The average Bonchev–Trinajstić information content (AvgIpc) is 3.50. The third kappa shape index (κ3) is 5.17. The van der Waals surface area contributed by atoms with E-state index in [0.717, 1.165) is 34.8 Å². The van der Waals surface area contributed by atoms with Crippen molar-refractivity contribution in [2.45, 2.75) is 48.3 Å². The number of carbonyl (C=O) groups is 1. The molecule has 162 valence electrons. The fourth-order valence-electron chi connectivity index (χ4n) is 3.07. The van der Waals surface area contributed by atoms with Crippen LogP contribution in [0, 0.1) is 13.8 Å². The van der Waals surface area contributed by atoms with Crippen LogP contribution in [0.1, 0.15) is 40.2 Å². The van der Waals surface area contributed by atoms with Gasteiger partial charge < -0.3 is 9.84 Å². The lowest BCUT2D eigenvalue weighted by molar-refractivity contribution is 0.102. The highest BCUT2D eigenvalue weighted by Crippen LogP contribution is 2.29. The van der Waals surface area contributed by atoms with E-state index in [0.29, 0.717) is 17.0 Å². The van der Waals surface area contributed by atoms with Crippen molar-refractivity contribution in [3.8, 4) is 0 Å². The lowest BCUT2D eigenvalue weighted by Crippen LogP contribution is -2.25. The lowest BCUT2D eigenvalue weighted by Gasteiger charge is -2.11. The molecule has 3 aromatic rings. The average molecular weight is 458 g/mol. The van der Waals surface area contributed by atoms with Crippen molar-refractivity contribution in [2.24, 2.45) is 0 Å². The molecule has 1 saturated carbocycles. The molecule has 1 aliphatic rings. The van der Waals surface area contributed by atoms with Crippen LogP contribution in [0.4, 0.5) is 5.69 Å². The number of aromatic nitrogens is 1. The molecule has 0 spiro atoms. The lowest BCUT2D eigenvalue weighted by atomic mass is 10.2. The first-order valence-corrected chi connectivity index (χ1v) is 12.4. The number of anilines is 1. The van der Waals surface area contributed by atoms with Crippen molar-refractivity contribution >= 4 is 33.4 Å². The second-order valence-electron chi connectivity index (χ2n) is 7.47. The molecule has 0 aliphatic heterocycles. The van der Waals surface area contributed by atoms with Crippen LogP contribution in [0.5, 0.6) is 0 Å². The van der Waals surface area contributed by atoms with Crippen molar-refractivity contribution in [3.05, 3.63) is 71.1 Å². The van der Waals surface area contributed by atoms with Gasteiger partial charge in [0.05, 0.1) is 16.2 Å². The van der Waals surface area contributed by atoms with Crippen LogP contribution >= 0.6 is 11.8 Å². The van der Waals surface area contributed by atoms with Crippen molar-refractivity contribution in [1.82, 2.24) is 9.88 Å². The molecule has 9 heteroatoms. The summed E-state index contributed by atoms with van der Waals surface area (Å²) < 4.78 is 32.8. The first-order valence-electron chi connectivity index (χ1n) is 9.91. The summed E-state index contributed by atoms with van der Waals surface area (Å²) in [7, 11) is -3.59. The van der Waals surface area contributed by atoms with Crippen molar-refractivity contribution in [3.63, 3.8) is 0 Å². The van der Waals surface area contributed by atoms with E-state index < -0.39 is 10.0 Å². The Bertz CT molecular complexity index is 1200. The van der Waals surface area contributed by atoms with E-state index in [4.69, 9.17) is 4.52 Å². The first kappa shape index (κ1) is 21.6. The number of thioether (sulfide) groups is 1. The zero-order valence-corrected chi connectivity index (χ0v) is 18.8. The summed E-state index contributed by atoms with van der Waals surface area (Å²) >= 11 is 1.53. The smallest absolute Gasteiger partial charge is 0.256 e. The SMILES string of the molecule is Cc1noc(C)c1CSc1ccccc1C(=O)Nc1cccc(S(=O)(=O)NC2CC2)c1. The number of nitrogens with one attached hydrogen (secondary N) is 2. The third-order valence-corrected chi connectivity index (χ3v) is 7.60. The molecule has 0 saturated heterocycles. The number of aryl methyl sites for hydroxylation is 2. The predicted octanol–water partition coefficient (Wildman–Crippen LogP) is 4.28. The quantitative estimate of drug-likeness (QED) is 0.490. The molecule has 2 N–H and O–H groups in total. The Labute approximate surface area is 185 Å². The van der Waals surface area contributed by atoms with Crippen molar-refractivity contribution in [2.75, 3.05) is 5.32 Å². The molecule has 0 atom stereocenters. The topological polar surface area (TPSA) is 101 Å². The van der Waals surface area contributed by atoms with E-state index in [1.54, 1.807) is 24.3 Å². The molecular formula is C22H23N3O4S2. The molecular weight excluding hydrogens is 434 g/mol. The van der Waals surface area contributed by atoms with Crippen LogP contribution in [0.25, 0.3) is 0 Å². The molecule has 2 aromatic carbocycles. The van der Waals surface area contributed by atoms with Crippen LogP contribution in [-0.2, 0) is 15.8 Å². The van der Waals surface area contributed by atoms with Gasteiger partial charge in [0.2, 0.25) is 10.0 Å². The van der Waals surface area contributed by atoms with Gasteiger partial charge in [0.15, 0.2) is 0 Å². The van der Waals surface area contributed by atoms with Gasteiger partial charge in [0.25, 0.3) is 5.91 Å². The highest BCUT2D eigenvalue weighted by Gasteiger charge is 2.28. The molecule has 1 fully saturated rings. The van der Waals surface area contributed by atoms with E-state index in [2.05, 4.69) is 15.2 Å². The minimum absolute atomic E-state index is 0.0184. The summed E-state index contributed by atoms with van der Waals surface area (Å²) in [5.41, 5.74) is 2.80. The molecule has 7 nitrogen and oxygen atoms in total. The molecule has 0 bridgehead atoms. The first-order chi connectivity index (χ1) is 14.8. The number of hydrogen-bond donors (Lipinski definition) is 2. The fourth-order valence-corrected chi connectivity index (χ4v) is 5.62. The minimum Gasteiger partial charge on any atom is -0.361 e. The highest BCUT2D eigenvalue weighted by molar-refractivity contribution is 7.98. The summed E-state index contributed by atoms with van der Waals surface area (Å²) in [5.74, 6) is 1.10. The highest BCUT2D eigenvalue weighted by atomic mass is 32.2. The maximum absolute atomic E-state index is 13.0. The summed E-state index contributed by atoms with van der Waals surface area (Å²) in [4.78, 5) is 13.9. The van der Waals surface area contributed by atoms with Gasteiger partial charge >= 0.3 is 0 Å². The zero-order valence-electron chi connectivity index (χ0n) is 17.2. The normalized spacial score (nSPS) is 13.9. The van der Waals surface area contributed by atoms with E-state index in [1.807, 2.05) is 26.0 Å². The second kappa shape index (κ2) is 8.86. The number of rotatable bonds is 8. The van der Waals surface area contributed by atoms with Crippen LogP contribution in [0.15, 0.2) is 62.8 Å². The van der Waals surface area contributed by atoms with Gasteiger partial charge in [-0.3, -0.25) is 4.79 Å². The molecule has 1 aromatic heterocycles. The van der Waals surface area contributed by atoms with E-state index in [-0.39, 0.29) is 16.8 Å². The standard InChI is InChI=1S/C22H23N3O4S2/c1-14-20(15(2)29-24-14)13-30-21-9-4-3-8-19(21)22(26)23-17-6-5-7-18(12-17)31(27,28)25-16-10-11-16/h3-9,12,16,25H,10-11,13H2,1-2H3,(H,23,26). The number of carbonyl (C=O) groups excluding carboxylic acids is 1. The molecule has 1 heterocycles. The summed E-state index contributed by atoms with van der Waals surface area (Å²) in [6.07, 6.45) is 1.72.